The Balaban J connectivity index is 2.36. The monoisotopic (exact) mass is 176 g/mol. The van der Waals surface area contributed by atoms with Gasteiger partial charge in [0.15, 0.2) is 0 Å². The third-order valence-electron chi connectivity index (χ3n) is 2.36. The Morgan fingerprint density at radius 2 is 2.31 bits per heavy atom. The summed E-state index contributed by atoms with van der Waals surface area (Å²) in [5.74, 6) is 0. The van der Waals surface area contributed by atoms with Crippen LogP contribution in [0.2, 0.25) is 0 Å². The summed E-state index contributed by atoms with van der Waals surface area (Å²) in [5.41, 5.74) is 2.55. The van der Waals surface area contributed by atoms with Gasteiger partial charge in [0, 0.05) is 6.54 Å². The molecule has 0 fully saturated rings. The number of benzene rings is 1. The van der Waals surface area contributed by atoms with E-state index in [1.807, 2.05) is 12.1 Å². The maximum absolute atomic E-state index is 8.47. The zero-order chi connectivity index (χ0) is 9.10. The molecule has 1 heterocycles. The number of nitrogens with zero attached hydrogens (tertiary/aromatic N) is 1. The Labute approximate surface area is 77.1 Å². The average Bonchev–Trinajstić information content (AvgIpc) is 2.19. The van der Waals surface area contributed by atoms with Gasteiger partial charge in [-0.05, 0) is 17.5 Å². The largest absolute Gasteiger partial charge is 0.411 e. The van der Waals surface area contributed by atoms with Crippen LogP contribution in [0.5, 0.6) is 0 Å². The molecule has 68 valence electrons. The predicted octanol–water partition coefficient (Wildman–Crippen LogP) is 1.33. The minimum Gasteiger partial charge on any atom is -0.411 e. The highest BCUT2D eigenvalue weighted by atomic mass is 16.4. The fraction of sp³-hybridized carbons (Fsp3) is 0.300. The molecule has 1 aromatic carbocycles. The molecule has 1 unspecified atom stereocenters. The summed E-state index contributed by atoms with van der Waals surface area (Å²) in [7, 11) is 0. The smallest absolute Gasteiger partial charge is 0.0717 e. The van der Waals surface area contributed by atoms with Crippen LogP contribution in [0.15, 0.2) is 29.4 Å². The summed E-state index contributed by atoms with van der Waals surface area (Å²) < 4.78 is 0. The van der Waals surface area contributed by atoms with Crippen molar-refractivity contribution in [1.82, 2.24) is 5.32 Å². The first kappa shape index (κ1) is 8.26. The predicted molar refractivity (Wildman–Crippen MR) is 51.2 cm³/mol. The van der Waals surface area contributed by atoms with Gasteiger partial charge < -0.3 is 10.5 Å². The molecule has 2 N–H and O–H groups in total. The van der Waals surface area contributed by atoms with Crippen LogP contribution in [-0.4, -0.2) is 18.0 Å². The SMILES string of the molecule is ON=CC1NCCc2ccccc21. The Hall–Kier alpha value is -1.35. The maximum Gasteiger partial charge on any atom is 0.0717 e. The van der Waals surface area contributed by atoms with Crippen LogP contribution >= 0.6 is 0 Å². The molecule has 2 rings (SSSR count). The Bertz CT molecular complexity index is 322. The number of hydrogen-bond donors (Lipinski definition) is 2. The van der Waals surface area contributed by atoms with Gasteiger partial charge >= 0.3 is 0 Å². The minimum atomic E-state index is 0.0648. The van der Waals surface area contributed by atoms with Crippen molar-refractivity contribution in [2.45, 2.75) is 12.5 Å². The van der Waals surface area contributed by atoms with Crippen molar-refractivity contribution in [3.05, 3.63) is 35.4 Å². The van der Waals surface area contributed by atoms with Crippen LogP contribution in [0.25, 0.3) is 0 Å². The number of hydrogen-bond acceptors (Lipinski definition) is 3. The molecule has 1 aromatic rings. The highest BCUT2D eigenvalue weighted by molar-refractivity contribution is 5.68. The average molecular weight is 176 g/mol. The molecule has 0 amide bonds. The van der Waals surface area contributed by atoms with Gasteiger partial charge in [0.25, 0.3) is 0 Å². The second kappa shape index (κ2) is 3.58. The fourth-order valence-electron chi connectivity index (χ4n) is 1.74. The molecule has 0 spiro atoms. The van der Waals surface area contributed by atoms with Gasteiger partial charge in [-0.25, -0.2) is 0 Å². The van der Waals surface area contributed by atoms with E-state index in [1.54, 1.807) is 0 Å². The van der Waals surface area contributed by atoms with E-state index < -0.39 is 0 Å². The van der Waals surface area contributed by atoms with E-state index >= 15 is 0 Å². The summed E-state index contributed by atoms with van der Waals surface area (Å²) >= 11 is 0. The maximum atomic E-state index is 8.47. The van der Waals surface area contributed by atoms with Crippen molar-refractivity contribution in [3.8, 4) is 0 Å². The molecule has 1 atom stereocenters. The van der Waals surface area contributed by atoms with Crippen LogP contribution in [-0.2, 0) is 6.42 Å². The van der Waals surface area contributed by atoms with E-state index in [4.69, 9.17) is 5.21 Å². The molecule has 3 nitrogen and oxygen atoms in total. The fourth-order valence-corrected chi connectivity index (χ4v) is 1.74. The molecule has 0 radical (unpaired) electrons. The second-order valence-corrected chi connectivity index (χ2v) is 3.15. The van der Waals surface area contributed by atoms with Crippen molar-refractivity contribution >= 4 is 6.21 Å². The van der Waals surface area contributed by atoms with E-state index in [0.29, 0.717) is 0 Å². The number of nitrogens with one attached hydrogen (secondary N) is 1. The van der Waals surface area contributed by atoms with Gasteiger partial charge in [0.2, 0.25) is 0 Å². The standard InChI is InChI=1S/C10H12N2O/c13-12-7-10-9-4-2-1-3-8(9)5-6-11-10/h1-4,7,10-11,13H,5-6H2. The first-order valence-corrected chi connectivity index (χ1v) is 4.40. The Morgan fingerprint density at radius 1 is 1.46 bits per heavy atom. The van der Waals surface area contributed by atoms with Gasteiger partial charge in [-0.2, -0.15) is 0 Å². The minimum absolute atomic E-state index is 0.0648. The van der Waals surface area contributed by atoms with Crippen molar-refractivity contribution < 1.29 is 5.21 Å². The number of rotatable bonds is 1. The molecule has 0 saturated heterocycles. The normalized spacial score (nSPS) is 21.7. The lowest BCUT2D eigenvalue weighted by Crippen LogP contribution is -2.30. The van der Waals surface area contributed by atoms with Crippen molar-refractivity contribution in [2.24, 2.45) is 5.16 Å². The lowest BCUT2D eigenvalue weighted by Gasteiger charge is -2.23. The van der Waals surface area contributed by atoms with E-state index in [-0.39, 0.29) is 6.04 Å². The van der Waals surface area contributed by atoms with Gasteiger partial charge in [-0.3, -0.25) is 0 Å². The molecule has 3 heteroatoms. The van der Waals surface area contributed by atoms with E-state index in [0.717, 1.165) is 13.0 Å². The van der Waals surface area contributed by atoms with E-state index in [2.05, 4.69) is 22.6 Å². The molecule has 0 bridgehead atoms. The summed E-state index contributed by atoms with van der Waals surface area (Å²) in [4.78, 5) is 0. The van der Waals surface area contributed by atoms with Crippen LogP contribution in [0.4, 0.5) is 0 Å². The molecular formula is C10H12N2O. The number of fused-ring (bicyclic) bond motifs is 1. The second-order valence-electron chi connectivity index (χ2n) is 3.15. The highest BCUT2D eigenvalue weighted by Crippen LogP contribution is 2.20. The van der Waals surface area contributed by atoms with Crippen LogP contribution in [0.3, 0.4) is 0 Å². The summed E-state index contributed by atoms with van der Waals surface area (Å²) in [6.45, 7) is 0.938. The van der Waals surface area contributed by atoms with Crippen LogP contribution < -0.4 is 5.32 Å². The summed E-state index contributed by atoms with van der Waals surface area (Å²) in [6, 6.07) is 8.29. The Kier molecular flexibility index (Phi) is 2.27. The Morgan fingerprint density at radius 3 is 3.15 bits per heavy atom. The molecule has 13 heavy (non-hydrogen) atoms. The van der Waals surface area contributed by atoms with Gasteiger partial charge in [-0.15, -0.1) is 5.16 Å². The molecule has 0 aliphatic carbocycles. The van der Waals surface area contributed by atoms with Crippen molar-refractivity contribution in [2.75, 3.05) is 6.54 Å². The third-order valence-corrected chi connectivity index (χ3v) is 2.36. The molecule has 1 aliphatic rings. The van der Waals surface area contributed by atoms with Crippen LogP contribution in [0, 0.1) is 0 Å². The lowest BCUT2D eigenvalue weighted by molar-refractivity contribution is 0.318. The third kappa shape index (κ3) is 1.55. The summed E-state index contributed by atoms with van der Waals surface area (Å²) in [5, 5.41) is 14.8. The van der Waals surface area contributed by atoms with Gasteiger partial charge in [-0.1, -0.05) is 24.3 Å². The summed E-state index contributed by atoms with van der Waals surface area (Å²) in [6.07, 6.45) is 2.57. The lowest BCUT2D eigenvalue weighted by atomic mass is 9.95. The topological polar surface area (TPSA) is 44.6 Å². The molecular weight excluding hydrogens is 164 g/mol. The van der Waals surface area contributed by atoms with E-state index in [9.17, 15) is 0 Å². The molecule has 0 saturated carbocycles. The highest BCUT2D eigenvalue weighted by Gasteiger charge is 2.16. The zero-order valence-electron chi connectivity index (χ0n) is 7.27. The van der Waals surface area contributed by atoms with Crippen LogP contribution in [0.1, 0.15) is 17.2 Å². The zero-order valence-corrected chi connectivity index (χ0v) is 7.27. The molecule has 1 aliphatic heterocycles. The first-order chi connectivity index (χ1) is 6.42. The first-order valence-electron chi connectivity index (χ1n) is 4.40. The van der Waals surface area contributed by atoms with Gasteiger partial charge in [0.1, 0.15) is 0 Å². The number of oxime groups is 1. The van der Waals surface area contributed by atoms with Gasteiger partial charge in [0.05, 0.1) is 12.3 Å². The van der Waals surface area contributed by atoms with Crippen molar-refractivity contribution in [1.29, 1.82) is 0 Å². The van der Waals surface area contributed by atoms with E-state index in [1.165, 1.54) is 17.3 Å². The quantitative estimate of drug-likeness (QED) is 0.385. The van der Waals surface area contributed by atoms with Crippen molar-refractivity contribution in [3.63, 3.8) is 0 Å². The molecule has 0 aromatic heterocycles.